The summed E-state index contributed by atoms with van der Waals surface area (Å²) in [4.78, 5) is 13.8. The fraction of sp³-hybridized carbons (Fsp3) is 0.452. The van der Waals surface area contributed by atoms with Crippen molar-refractivity contribution in [2.24, 2.45) is 0 Å². The van der Waals surface area contributed by atoms with Crippen molar-refractivity contribution < 1.29 is 91.3 Å². The molecule has 0 saturated carbocycles. The van der Waals surface area contributed by atoms with Gasteiger partial charge in [-0.15, -0.1) is 0 Å². The summed E-state index contributed by atoms with van der Waals surface area (Å²) in [6.07, 6.45) is 9.02. The van der Waals surface area contributed by atoms with E-state index in [4.69, 9.17) is 37.9 Å². The fourth-order valence-electron chi connectivity index (χ4n) is 11.2. The standard InChI is InChI=1S/C62H78N2O19S3/c1-6-27-63-53-21-16-47-15-19-49(85(70,71)72)44-52(47)59(53)62(3,26-30-79-36-38-83-42-40-81-34-32-77-5)56(63)23-17-46(45-11-13-48(14-12-45)60(65)66)18-24-57-61(2,25-29-78-35-37-82-41-39-80-33-31-76-4)58-51-9-7-10-55(86(73,74)75)50(51)20-22-54(58)64(57)28-8-43-84(67,68)69/h7,9-24,44H,6,8,25-43H2,1-5H3,(H3-,65,66,67,68,69,70,71,72,73,74,75). The number of anilines is 1. The second kappa shape index (κ2) is 30.9. The van der Waals surface area contributed by atoms with Crippen molar-refractivity contribution >= 4 is 80.5 Å². The minimum absolute atomic E-state index is 0.0268. The van der Waals surface area contributed by atoms with Gasteiger partial charge in [-0.25, -0.2) is 13.2 Å². The molecule has 0 spiro atoms. The first kappa shape index (κ1) is 67.7. The maximum Gasteiger partial charge on any atom is 0.335 e. The van der Waals surface area contributed by atoms with Gasteiger partial charge in [0.25, 0.3) is 20.2 Å². The number of allylic oxidation sites excluding steroid dienone is 6. The lowest BCUT2D eigenvalue weighted by atomic mass is 9.74. The number of carboxylic acid groups (broad SMARTS) is 1. The molecule has 0 aromatic heterocycles. The average Bonchev–Trinajstić information content (AvgIpc) is 1.57. The Bertz CT molecular complexity index is 3640. The zero-order valence-electron chi connectivity index (χ0n) is 49.2. The molecule has 0 saturated heterocycles. The summed E-state index contributed by atoms with van der Waals surface area (Å²) in [6, 6.07) is 22.6. The summed E-state index contributed by atoms with van der Waals surface area (Å²) >= 11 is 0. The van der Waals surface area contributed by atoms with Crippen LogP contribution in [0.5, 0.6) is 0 Å². The van der Waals surface area contributed by atoms with Gasteiger partial charge < -0.3 is 52.5 Å². The first-order valence-corrected chi connectivity index (χ1v) is 32.9. The zero-order valence-corrected chi connectivity index (χ0v) is 51.7. The van der Waals surface area contributed by atoms with Crippen LogP contribution >= 0.6 is 0 Å². The van der Waals surface area contributed by atoms with Crippen molar-refractivity contribution in [1.29, 1.82) is 0 Å². The number of carbonyl (C=O) groups is 1. The Hall–Kier alpha value is -5.81. The molecular weight excluding hydrogens is 1170 g/mol. The van der Waals surface area contributed by atoms with Gasteiger partial charge in [0.1, 0.15) is 16.7 Å². The summed E-state index contributed by atoms with van der Waals surface area (Å²) in [5.74, 6) is -1.70. The van der Waals surface area contributed by atoms with Gasteiger partial charge in [0, 0.05) is 74.9 Å². The van der Waals surface area contributed by atoms with E-state index in [0.29, 0.717) is 118 Å². The highest BCUT2D eigenvalue weighted by Gasteiger charge is 2.49. The molecule has 2 unspecified atom stereocenters. The van der Waals surface area contributed by atoms with E-state index in [0.717, 1.165) is 22.3 Å². The van der Waals surface area contributed by atoms with Gasteiger partial charge in [0.05, 0.1) is 106 Å². The quantitative estimate of drug-likeness (QED) is 0.0146. The summed E-state index contributed by atoms with van der Waals surface area (Å²) in [5, 5.41) is 12.0. The Kier molecular flexibility index (Phi) is 24.3. The number of aromatic carboxylic acids is 1. The molecule has 0 aliphatic carbocycles. The van der Waals surface area contributed by atoms with Crippen molar-refractivity contribution in [3.05, 3.63) is 137 Å². The number of nitrogens with zero attached hydrogens (tertiary/aromatic N) is 2. The van der Waals surface area contributed by atoms with E-state index in [1.807, 2.05) is 54.9 Å². The molecule has 0 fully saturated rings. The summed E-state index contributed by atoms with van der Waals surface area (Å²) < 4.78 is 155. The molecular formula is C62H78N2O19S3. The third kappa shape index (κ3) is 17.1. The molecule has 5 aromatic carbocycles. The largest absolute Gasteiger partial charge is 0.744 e. The molecule has 3 N–H and O–H groups in total. The number of fused-ring (bicyclic) bond motifs is 6. The fourth-order valence-corrected chi connectivity index (χ4v) is 12.9. The molecule has 2 atom stereocenters. The molecule has 86 heavy (non-hydrogen) atoms. The van der Waals surface area contributed by atoms with E-state index in [1.165, 1.54) is 36.4 Å². The van der Waals surface area contributed by atoms with Crippen LogP contribution in [0.25, 0.3) is 27.1 Å². The Morgan fingerprint density at radius 3 is 1.76 bits per heavy atom. The van der Waals surface area contributed by atoms with Gasteiger partial charge in [-0.05, 0) is 126 Å². The Morgan fingerprint density at radius 2 is 1.21 bits per heavy atom. The van der Waals surface area contributed by atoms with Crippen molar-refractivity contribution in [2.75, 3.05) is 130 Å². The van der Waals surface area contributed by atoms with Crippen LogP contribution in [0.4, 0.5) is 11.4 Å². The topological polar surface area (TPSA) is 283 Å². The molecule has 21 nitrogen and oxygen atoms in total. The van der Waals surface area contributed by atoms with Crippen LogP contribution in [-0.4, -0.2) is 186 Å². The number of hydrogen-bond acceptors (Lipinski definition) is 17. The summed E-state index contributed by atoms with van der Waals surface area (Å²) in [6.45, 7) is 11.4. The van der Waals surface area contributed by atoms with Crippen molar-refractivity contribution in [2.45, 2.75) is 67.1 Å². The third-order valence-electron chi connectivity index (χ3n) is 15.3. The second-order valence-electron chi connectivity index (χ2n) is 21.1. The van der Waals surface area contributed by atoms with Crippen molar-refractivity contribution in [1.82, 2.24) is 0 Å². The normalized spacial score (nSPS) is 17.9. The van der Waals surface area contributed by atoms with Crippen molar-refractivity contribution in [3.63, 3.8) is 0 Å². The van der Waals surface area contributed by atoms with Gasteiger partial charge in [-0.3, -0.25) is 9.11 Å². The van der Waals surface area contributed by atoms with Crippen LogP contribution in [0, 0.1) is 0 Å². The molecule has 2 aliphatic heterocycles. The lowest BCUT2D eigenvalue weighted by molar-refractivity contribution is -0.437. The number of benzene rings is 5. The van der Waals surface area contributed by atoms with E-state index in [2.05, 4.69) is 11.8 Å². The summed E-state index contributed by atoms with van der Waals surface area (Å²) in [5.41, 5.74) is 3.68. The minimum atomic E-state index is -4.96. The van der Waals surface area contributed by atoms with Gasteiger partial charge in [-0.1, -0.05) is 49.4 Å². The Balaban J connectivity index is 1.37. The van der Waals surface area contributed by atoms with Crippen LogP contribution < -0.4 is 4.90 Å². The SMILES string of the molecule is CCCN1/C(=C/C=C(/C=C/C2=[N+](CCCS(=O)(=O)O)c3ccc4c(S(=O)(=O)[O-])cccc4c3C2(C)CCOCCOCCOCCOC)c2ccc(C(=O)O)cc2)C(C)(CCOCCOCCOCCOC)c2c1ccc1ccc(S(=O)(=O)O)cc21. The number of methoxy groups -OCH3 is 2. The van der Waals surface area contributed by atoms with Gasteiger partial charge >= 0.3 is 5.97 Å². The maximum absolute atomic E-state index is 12.8. The highest BCUT2D eigenvalue weighted by atomic mass is 32.2. The Labute approximate surface area is 504 Å². The number of rotatable bonds is 37. The third-order valence-corrected chi connectivity index (χ3v) is 17.9. The van der Waals surface area contributed by atoms with Crippen LogP contribution in [-0.2, 0) is 79.1 Å². The minimum Gasteiger partial charge on any atom is -0.744 e. The predicted octanol–water partition coefficient (Wildman–Crippen LogP) is 8.36. The molecule has 0 bridgehead atoms. The monoisotopic (exact) mass is 1250 g/mol. The second-order valence-corrected chi connectivity index (χ2v) is 25.5. The van der Waals surface area contributed by atoms with Gasteiger partial charge in [0.15, 0.2) is 5.71 Å². The lowest BCUT2D eigenvalue weighted by Crippen LogP contribution is -2.33. The smallest absolute Gasteiger partial charge is 0.335 e. The molecule has 7 rings (SSSR count). The highest BCUT2D eigenvalue weighted by Crippen LogP contribution is 2.53. The van der Waals surface area contributed by atoms with E-state index in [1.54, 1.807) is 50.6 Å². The Morgan fingerprint density at radius 1 is 0.651 bits per heavy atom. The molecule has 0 radical (unpaired) electrons. The molecule has 0 amide bonds. The highest BCUT2D eigenvalue weighted by molar-refractivity contribution is 7.86. The predicted molar refractivity (Wildman–Crippen MR) is 325 cm³/mol. The molecule has 2 aliphatic rings. The molecule has 24 heteroatoms. The van der Waals surface area contributed by atoms with Crippen LogP contribution in [0.15, 0.2) is 125 Å². The van der Waals surface area contributed by atoms with E-state index >= 15 is 0 Å². The van der Waals surface area contributed by atoms with E-state index < -0.39 is 57.8 Å². The van der Waals surface area contributed by atoms with Gasteiger partial charge in [-0.2, -0.15) is 21.4 Å². The van der Waals surface area contributed by atoms with Crippen LogP contribution in [0.3, 0.4) is 0 Å². The van der Waals surface area contributed by atoms with Gasteiger partial charge in [0.2, 0.25) is 5.69 Å². The molecule has 2 heterocycles. The van der Waals surface area contributed by atoms with Crippen LogP contribution in [0.1, 0.15) is 73.5 Å². The number of ether oxygens (including phenoxy) is 8. The maximum atomic E-state index is 12.8. The van der Waals surface area contributed by atoms with E-state index in [9.17, 15) is 48.8 Å². The van der Waals surface area contributed by atoms with E-state index in [-0.39, 0.29) is 68.3 Å². The zero-order chi connectivity index (χ0) is 62.1. The van der Waals surface area contributed by atoms with Crippen LogP contribution in [0.2, 0.25) is 0 Å². The number of hydrogen-bond donors (Lipinski definition) is 3. The summed E-state index contributed by atoms with van der Waals surface area (Å²) in [7, 11) is -10.8. The molecule has 468 valence electrons. The average molecular weight is 1250 g/mol. The first-order chi connectivity index (χ1) is 41.1. The lowest BCUT2D eigenvalue weighted by Gasteiger charge is -2.31. The molecule has 5 aromatic rings. The van der Waals surface area contributed by atoms with Crippen molar-refractivity contribution in [3.8, 4) is 0 Å². The first-order valence-electron chi connectivity index (χ1n) is 28.4. The number of carboxylic acids is 1.